The van der Waals surface area contributed by atoms with Gasteiger partial charge >= 0.3 is 0 Å². The lowest BCUT2D eigenvalue weighted by Gasteiger charge is -2.03. The van der Waals surface area contributed by atoms with Crippen LogP contribution in [0.3, 0.4) is 0 Å². The Morgan fingerprint density at radius 2 is 1.67 bits per heavy atom. The van der Waals surface area contributed by atoms with Gasteiger partial charge in [-0.2, -0.15) is 0 Å². The molecule has 0 atom stereocenters. The molecular formula is C14H11F. The molecule has 0 N–H and O–H groups in total. The molecule has 2 rings (SSSR count). The topological polar surface area (TPSA) is 0 Å². The van der Waals surface area contributed by atoms with E-state index in [0.717, 1.165) is 11.1 Å². The molecule has 0 unspecified atom stereocenters. The third kappa shape index (κ3) is 1.96. The third-order valence-electron chi connectivity index (χ3n) is 2.33. The van der Waals surface area contributed by atoms with Crippen molar-refractivity contribution in [3.05, 3.63) is 66.5 Å². The van der Waals surface area contributed by atoms with Crippen molar-refractivity contribution < 1.29 is 4.39 Å². The van der Waals surface area contributed by atoms with E-state index >= 15 is 0 Å². The molecule has 2 aromatic carbocycles. The molecule has 0 saturated heterocycles. The molecular weight excluding hydrogens is 187 g/mol. The average molecular weight is 198 g/mol. The maximum absolute atomic E-state index is 13.5. The molecule has 0 radical (unpaired) electrons. The van der Waals surface area contributed by atoms with Crippen molar-refractivity contribution in [1.82, 2.24) is 0 Å². The zero-order valence-corrected chi connectivity index (χ0v) is 8.28. The summed E-state index contributed by atoms with van der Waals surface area (Å²) < 4.78 is 13.5. The zero-order chi connectivity index (χ0) is 10.7. The van der Waals surface area contributed by atoms with Gasteiger partial charge in [-0.15, -0.1) is 0 Å². The Labute approximate surface area is 88.7 Å². The Balaban J connectivity index is 2.47. The van der Waals surface area contributed by atoms with Crippen molar-refractivity contribution >= 4 is 6.08 Å². The summed E-state index contributed by atoms with van der Waals surface area (Å²) in [6.07, 6.45) is 1.52. The lowest BCUT2D eigenvalue weighted by atomic mass is 10.0. The highest BCUT2D eigenvalue weighted by Gasteiger charge is 2.01. The molecule has 0 heterocycles. The van der Waals surface area contributed by atoms with Crippen LogP contribution in [-0.4, -0.2) is 0 Å². The Bertz CT molecular complexity index is 472. The molecule has 1 heteroatoms. The fourth-order valence-corrected chi connectivity index (χ4v) is 1.50. The standard InChI is InChI=1S/C14H11F/c1-2-11-8-9-13(10-14(11)15)12-6-4-3-5-7-12/h2-10H,1H2. The molecule has 0 aliphatic heterocycles. The Hall–Kier alpha value is -1.89. The largest absolute Gasteiger partial charge is 0.206 e. The van der Waals surface area contributed by atoms with Crippen LogP contribution in [0.25, 0.3) is 17.2 Å². The Morgan fingerprint density at radius 1 is 0.933 bits per heavy atom. The number of halogens is 1. The van der Waals surface area contributed by atoms with Crippen LogP contribution in [0.4, 0.5) is 4.39 Å². The predicted molar refractivity (Wildman–Crippen MR) is 61.9 cm³/mol. The highest BCUT2D eigenvalue weighted by molar-refractivity contribution is 5.65. The first-order valence-electron chi connectivity index (χ1n) is 4.78. The fourth-order valence-electron chi connectivity index (χ4n) is 1.50. The van der Waals surface area contributed by atoms with Gasteiger partial charge in [-0.1, -0.05) is 55.1 Å². The molecule has 74 valence electrons. The fraction of sp³-hybridized carbons (Fsp3) is 0. The minimum atomic E-state index is -0.230. The van der Waals surface area contributed by atoms with Gasteiger partial charge in [-0.3, -0.25) is 0 Å². The molecule has 0 bridgehead atoms. The first kappa shape index (κ1) is 9.66. The summed E-state index contributed by atoms with van der Waals surface area (Å²) in [7, 11) is 0. The van der Waals surface area contributed by atoms with E-state index in [2.05, 4.69) is 6.58 Å². The van der Waals surface area contributed by atoms with E-state index in [1.165, 1.54) is 12.1 Å². The molecule has 0 saturated carbocycles. The van der Waals surface area contributed by atoms with Crippen LogP contribution in [0.5, 0.6) is 0 Å². The molecule has 0 amide bonds. The first-order valence-corrected chi connectivity index (χ1v) is 4.78. The maximum Gasteiger partial charge on any atom is 0.131 e. The number of hydrogen-bond donors (Lipinski definition) is 0. The summed E-state index contributed by atoms with van der Waals surface area (Å²) in [6, 6.07) is 14.9. The molecule has 0 aliphatic carbocycles. The van der Waals surface area contributed by atoms with E-state index in [1.807, 2.05) is 36.4 Å². The lowest BCUT2D eigenvalue weighted by molar-refractivity contribution is 0.625. The number of rotatable bonds is 2. The summed E-state index contributed by atoms with van der Waals surface area (Å²) in [4.78, 5) is 0. The van der Waals surface area contributed by atoms with Crippen LogP contribution >= 0.6 is 0 Å². The molecule has 0 nitrogen and oxygen atoms in total. The highest BCUT2D eigenvalue weighted by Crippen LogP contribution is 2.21. The van der Waals surface area contributed by atoms with Gasteiger partial charge in [0, 0.05) is 5.56 Å². The highest BCUT2D eigenvalue weighted by atomic mass is 19.1. The van der Waals surface area contributed by atoms with Crippen molar-refractivity contribution in [1.29, 1.82) is 0 Å². The smallest absolute Gasteiger partial charge is 0.131 e. The quantitative estimate of drug-likeness (QED) is 0.680. The first-order chi connectivity index (χ1) is 7.31. The summed E-state index contributed by atoms with van der Waals surface area (Å²) in [6.45, 7) is 3.55. The van der Waals surface area contributed by atoms with Crippen LogP contribution < -0.4 is 0 Å². The Kier molecular flexibility index (Phi) is 2.64. The maximum atomic E-state index is 13.5. The van der Waals surface area contributed by atoms with Crippen molar-refractivity contribution in [3.63, 3.8) is 0 Å². The molecule has 0 aliphatic rings. The second kappa shape index (κ2) is 4.09. The van der Waals surface area contributed by atoms with Crippen LogP contribution in [0, 0.1) is 5.82 Å². The van der Waals surface area contributed by atoms with E-state index in [-0.39, 0.29) is 5.82 Å². The van der Waals surface area contributed by atoms with Crippen LogP contribution in [0.2, 0.25) is 0 Å². The molecule has 0 fully saturated rings. The Morgan fingerprint density at radius 3 is 2.27 bits per heavy atom. The van der Waals surface area contributed by atoms with E-state index in [0.29, 0.717) is 5.56 Å². The minimum Gasteiger partial charge on any atom is -0.206 e. The van der Waals surface area contributed by atoms with Gasteiger partial charge in [0.15, 0.2) is 0 Å². The van der Waals surface area contributed by atoms with Crippen molar-refractivity contribution in [2.24, 2.45) is 0 Å². The summed E-state index contributed by atoms with van der Waals surface area (Å²) in [5, 5.41) is 0. The summed E-state index contributed by atoms with van der Waals surface area (Å²) in [5.74, 6) is -0.230. The molecule has 2 aromatic rings. The van der Waals surface area contributed by atoms with Crippen LogP contribution in [0.15, 0.2) is 55.1 Å². The SMILES string of the molecule is C=Cc1ccc(-c2ccccc2)cc1F. The van der Waals surface area contributed by atoms with E-state index in [4.69, 9.17) is 0 Å². The van der Waals surface area contributed by atoms with E-state index < -0.39 is 0 Å². The number of hydrogen-bond acceptors (Lipinski definition) is 0. The van der Waals surface area contributed by atoms with Crippen molar-refractivity contribution in [2.45, 2.75) is 0 Å². The van der Waals surface area contributed by atoms with Crippen molar-refractivity contribution in [2.75, 3.05) is 0 Å². The van der Waals surface area contributed by atoms with Gasteiger partial charge in [-0.25, -0.2) is 4.39 Å². The molecule has 0 spiro atoms. The van der Waals surface area contributed by atoms with Crippen molar-refractivity contribution in [3.8, 4) is 11.1 Å². The summed E-state index contributed by atoms with van der Waals surface area (Å²) in [5.41, 5.74) is 2.44. The number of benzene rings is 2. The van der Waals surface area contributed by atoms with Gasteiger partial charge in [0.25, 0.3) is 0 Å². The lowest BCUT2D eigenvalue weighted by Crippen LogP contribution is -1.84. The molecule has 0 aromatic heterocycles. The van der Waals surface area contributed by atoms with Gasteiger partial charge in [0.1, 0.15) is 5.82 Å². The van der Waals surface area contributed by atoms with E-state index in [1.54, 1.807) is 6.07 Å². The summed E-state index contributed by atoms with van der Waals surface area (Å²) >= 11 is 0. The van der Waals surface area contributed by atoms with Gasteiger partial charge < -0.3 is 0 Å². The predicted octanol–water partition coefficient (Wildman–Crippen LogP) is 4.14. The van der Waals surface area contributed by atoms with Crippen LogP contribution in [0.1, 0.15) is 5.56 Å². The van der Waals surface area contributed by atoms with Gasteiger partial charge in [0.05, 0.1) is 0 Å². The second-order valence-electron chi connectivity index (χ2n) is 3.31. The van der Waals surface area contributed by atoms with Crippen LogP contribution in [-0.2, 0) is 0 Å². The normalized spacial score (nSPS) is 9.93. The third-order valence-corrected chi connectivity index (χ3v) is 2.33. The average Bonchev–Trinajstić information content (AvgIpc) is 2.30. The minimum absolute atomic E-state index is 0.230. The monoisotopic (exact) mass is 198 g/mol. The van der Waals surface area contributed by atoms with Gasteiger partial charge in [0.2, 0.25) is 0 Å². The van der Waals surface area contributed by atoms with Gasteiger partial charge in [-0.05, 0) is 17.2 Å². The van der Waals surface area contributed by atoms with E-state index in [9.17, 15) is 4.39 Å². The second-order valence-corrected chi connectivity index (χ2v) is 3.31. The molecule has 15 heavy (non-hydrogen) atoms. The zero-order valence-electron chi connectivity index (χ0n) is 8.28.